The van der Waals surface area contributed by atoms with Crippen molar-refractivity contribution in [2.75, 3.05) is 26.2 Å². The number of hydrogen-bond donors (Lipinski definition) is 2. The lowest BCUT2D eigenvalue weighted by Gasteiger charge is -2.44. The number of nitrogens with one attached hydrogen (secondary N) is 1. The Morgan fingerprint density at radius 2 is 1.80 bits per heavy atom. The third kappa shape index (κ3) is 2.90. The Bertz CT molecular complexity index is 396. The second-order valence-electron chi connectivity index (χ2n) is 6.39. The number of rotatable bonds is 4. The molecule has 1 heterocycles. The molecule has 0 atom stereocenters. The lowest BCUT2D eigenvalue weighted by molar-refractivity contribution is -0.139. The molecule has 0 radical (unpaired) electrons. The molecule has 20 heavy (non-hydrogen) atoms. The highest BCUT2D eigenvalue weighted by atomic mass is 16.4. The quantitative estimate of drug-likeness (QED) is 0.802. The van der Waals surface area contributed by atoms with Crippen molar-refractivity contribution in [1.82, 2.24) is 15.1 Å². The highest BCUT2D eigenvalue weighted by molar-refractivity contribution is 5.77. The fourth-order valence-corrected chi connectivity index (χ4v) is 3.27. The fourth-order valence-electron chi connectivity index (χ4n) is 3.27. The van der Waals surface area contributed by atoms with Gasteiger partial charge in [-0.1, -0.05) is 0 Å². The summed E-state index contributed by atoms with van der Waals surface area (Å²) >= 11 is 0. The van der Waals surface area contributed by atoms with E-state index in [1.165, 1.54) is 12.8 Å². The second-order valence-corrected chi connectivity index (χ2v) is 6.39. The van der Waals surface area contributed by atoms with Crippen molar-refractivity contribution in [1.29, 1.82) is 0 Å². The van der Waals surface area contributed by atoms with Crippen LogP contribution in [0.5, 0.6) is 0 Å². The zero-order valence-electron chi connectivity index (χ0n) is 11.8. The molecular weight excluding hydrogens is 258 g/mol. The Labute approximate surface area is 119 Å². The van der Waals surface area contributed by atoms with Crippen LogP contribution in [0.2, 0.25) is 0 Å². The van der Waals surface area contributed by atoms with E-state index >= 15 is 0 Å². The van der Waals surface area contributed by atoms with Crippen LogP contribution in [0.3, 0.4) is 0 Å². The van der Waals surface area contributed by atoms with E-state index in [0.717, 1.165) is 51.5 Å². The average molecular weight is 281 g/mol. The van der Waals surface area contributed by atoms with Gasteiger partial charge in [0.05, 0.1) is 12.0 Å². The molecule has 0 aromatic heterocycles. The standard InChI is InChI=1S/C14H23N3O3/c18-12(19)10-14(4-1-5-14)15-13(20)17-8-6-16(7-9-17)11-2-3-11/h11H,1-10H2,(H,15,20)(H,18,19). The highest BCUT2D eigenvalue weighted by Crippen LogP contribution is 2.35. The van der Waals surface area contributed by atoms with Crippen LogP contribution in [0.15, 0.2) is 0 Å². The molecule has 6 nitrogen and oxygen atoms in total. The Kier molecular flexibility index (Phi) is 3.58. The summed E-state index contributed by atoms with van der Waals surface area (Å²) in [7, 11) is 0. The van der Waals surface area contributed by atoms with Gasteiger partial charge in [-0.25, -0.2) is 4.79 Å². The van der Waals surface area contributed by atoms with E-state index < -0.39 is 11.5 Å². The van der Waals surface area contributed by atoms with E-state index in [1.807, 2.05) is 4.90 Å². The average Bonchev–Trinajstić information content (AvgIpc) is 3.20. The molecule has 0 aromatic rings. The number of piperazine rings is 1. The lowest BCUT2D eigenvalue weighted by atomic mass is 9.74. The fraction of sp³-hybridized carbons (Fsp3) is 0.857. The first-order chi connectivity index (χ1) is 9.58. The van der Waals surface area contributed by atoms with Gasteiger partial charge in [-0.05, 0) is 32.1 Å². The van der Waals surface area contributed by atoms with Gasteiger partial charge in [0.15, 0.2) is 0 Å². The van der Waals surface area contributed by atoms with Gasteiger partial charge in [0.1, 0.15) is 0 Å². The van der Waals surface area contributed by atoms with E-state index in [2.05, 4.69) is 10.2 Å². The number of nitrogens with zero attached hydrogens (tertiary/aromatic N) is 2. The van der Waals surface area contributed by atoms with Crippen LogP contribution in [-0.2, 0) is 4.79 Å². The molecule has 0 aromatic carbocycles. The Hall–Kier alpha value is -1.30. The van der Waals surface area contributed by atoms with E-state index in [9.17, 15) is 9.59 Å². The van der Waals surface area contributed by atoms with Gasteiger partial charge in [-0.15, -0.1) is 0 Å². The maximum atomic E-state index is 12.3. The zero-order valence-corrected chi connectivity index (χ0v) is 11.8. The van der Waals surface area contributed by atoms with Gasteiger partial charge in [0.25, 0.3) is 0 Å². The molecular formula is C14H23N3O3. The molecule has 1 aliphatic heterocycles. The van der Waals surface area contributed by atoms with Crippen LogP contribution in [0.4, 0.5) is 4.79 Å². The van der Waals surface area contributed by atoms with Crippen LogP contribution in [0, 0.1) is 0 Å². The van der Waals surface area contributed by atoms with Crippen LogP contribution in [-0.4, -0.2) is 64.7 Å². The number of carboxylic acid groups (broad SMARTS) is 1. The van der Waals surface area contributed by atoms with Crippen molar-refractivity contribution in [3.05, 3.63) is 0 Å². The molecule has 2 amide bonds. The third-order valence-electron chi connectivity index (χ3n) is 4.84. The Morgan fingerprint density at radius 1 is 1.15 bits per heavy atom. The van der Waals surface area contributed by atoms with E-state index in [4.69, 9.17) is 5.11 Å². The molecule has 6 heteroatoms. The number of carboxylic acids is 1. The van der Waals surface area contributed by atoms with Gasteiger partial charge in [0.2, 0.25) is 0 Å². The summed E-state index contributed by atoms with van der Waals surface area (Å²) in [5.41, 5.74) is -0.490. The molecule has 2 N–H and O–H groups in total. The summed E-state index contributed by atoms with van der Waals surface area (Å²) in [6.07, 6.45) is 5.21. The monoisotopic (exact) mass is 281 g/mol. The predicted molar refractivity (Wildman–Crippen MR) is 73.5 cm³/mol. The van der Waals surface area contributed by atoms with Crippen LogP contribution in [0.25, 0.3) is 0 Å². The zero-order chi connectivity index (χ0) is 14.2. The van der Waals surface area contributed by atoms with Crippen molar-refractivity contribution in [3.63, 3.8) is 0 Å². The van der Waals surface area contributed by atoms with E-state index in [-0.39, 0.29) is 12.5 Å². The van der Waals surface area contributed by atoms with Crippen molar-refractivity contribution < 1.29 is 14.7 Å². The van der Waals surface area contributed by atoms with E-state index in [0.29, 0.717) is 0 Å². The minimum atomic E-state index is -0.830. The molecule has 3 fully saturated rings. The first kappa shape index (κ1) is 13.7. The minimum absolute atomic E-state index is 0.0424. The predicted octanol–water partition coefficient (Wildman–Crippen LogP) is 0.873. The first-order valence-electron chi connectivity index (χ1n) is 7.61. The summed E-state index contributed by atoms with van der Waals surface area (Å²) in [6, 6.07) is 0.673. The van der Waals surface area contributed by atoms with Crippen LogP contribution >= 0.6 is 0 Å². The smallest absolute Gasteiger partial charge is 0.317 e. The van der Waals surface area contributed by atoms with Crippen molar-refractivity contribution in [3.8, 4) is 0 Å². The molecule has 2 aliphatic carbocycles. The summed E-state index contributed by atoms with van der Waals surface area (Å²) in [5, 5.41) is 11.9. The van der Waals surface area contributed by atoms with Gasteiger partial charge >= 0.3 is 12.0 Å². The molecule has 2 saturated carbocycles. The number of carbonyl (C=O) groups is 2. The molecule has 1 saturated heterocycles. The first-order valence-corrected chi connectivity index (χ1v) is 7.61. The minimum Gasteiger partial charge on any atom is -0.481 e. The topological polar surface area (TPSA) is 72.9 Å². The van der Waals surface area contributed by atoms with Gasteiger partial charge in [0, 0.05) is 32.2 Å². The molecule has 0 unspecified atom stereocenters. The molecule has 112 valence electrons. The number of carbonyl (C=O) groups excluding carboxylic acids is 1. The van der Waals surface area contributed by atoms with Gasteiger partial charge in [-0.3, -0.25) is 9.69 Å². The van der Waals surface area contributed by atoms with Crippen molar-refractivity contribution >= 4 is 12.0 Å². The van der Waals surface area contributed by atoms with Crippen LogP contribution in [0.1, 0.15) is 38.5 Å². The molecule has 3 aliphatic rings. The molecule has 0 bridgehead atoms. The number of amides is 2. The lowest BCUT2D eigenvalue weighted by Crippen LogP contribution is -2.60. The second kappa shape index (κ2) is 5.24. The maximum absolute atomic E-state index is 12.3. The van der Waals surface area contributed by atoms with Crippen molar-refractivity contribution in [2.24, 2.45) is 0 Å². The SMILES string of the molecule is O=C(O)CC1(NC(=O)N2CCN(C3CC3)CC2)CCC1. The highest BCUT2D eigenvalue weighted by Gasteiger charge is 2.41. The number of aliphatic carboxylic acids is 1. The summed E-state index contributed by atoms with van der Waals surface area (Å²) in [4.78, 5) is 27.5. The summed E-state index contributed by atoms with van der Waals surface area (Å²) in [6.45, 7) is 3.41. The summed E-state index contributed by atoms with van der Waals surface area (Å²) < 4.78 is 0. The maximum Gasteiger partial charge on any atom is 0.317 e. The number of hydrogen-bond acceptors (Lipinski definition) is 3. The molecule has 0 spiro atoms. The summed E-state index contributed by atoms with van der Waals surface area (Å²) in [5.74, 6) is -0.830. The Morgan fingerprint density at radius 3 is 2.25 bits per heavy atom. The van der Waals surface area contributed by atoms with Gasteiger partial charge in [-0.2, -0.15) is 0 Å². The number of urea groups is 1. The third-order valence-corrected chi connectivity index (χ3v) is 4.84. The van der Waals surface area contributed by atoms with Gasteiger partial charge < -0.3 is 15.3 Å². The van der Waals surface area contributed by atoms with Crippen LogP contribution < -0.4 is 5.32 Å². The molecule has 3 rings (SSSR count). The van der Waals surface area contributed by atoms with Crippen molar-refractivity contribution in [2.45, 2.75) is 50.1 Å². The normalized spacial score (nSPS) is 25.9. The largest absolute Gasteiger partial charge is 0.481 e. The Balaban J connectivity index is 1.50. The van der Waals surface area contributed by atoms with E-state index in [1.54, 1.807) is 0 Å².